The van der Waals surface area contributed by atoms with Crippen molar-refractivity contribution >= 4 is 29.1 Å². The fourth-order valence-electron chi connectivity index (χ4n) is 3.73. The summed E-state index contributed by atoms with van der Waals surface area (Å²) in [6.07, 6.45) is 2.03. The first-order valence-corrected chi connectivity index (χ1v) is 11.3. The van der Waals surface area contributed by atoms with Crippen LogP contribution in [0.2, 0.25) is 10.0 Å². The molecular formula is C27H24Cl2N2O2. The lowest BCUT2D eigenvalue weighted by atomic mass is 10.1. The van der Waals surface area contributed by atoms with Gasteiger partial charge >= 0.3 is 0 Å². The number of halogens is 2. The van der Waals surface area contributed by atoms with Crippen LogP contribution in [0.1, 0.15) is 27.2 Å². The van der Waals surface area contributed by atoms with Gasteiger partial charge in [0.2, 0.25) is 0 Å². The van der Waals surface area contributed by atoms with Crippen molar-refractivity contribution in [2.24, 2.45) is 0 Å². The Morgan fingerprint density at radius 3 is 2.39 bits per heavy atom. The molecule has 168 valence electrons. The van der Waals surface area contributed by atoms with E-state index in [1.165, 1.54) is 0 Å². The molecule has 1 aromatic heterocycles. The highest BCUT2D eigenvalue weighted by Gasteiger charge is 2.19. The number of hydrogen-bond donors (Lipinski definition) is 0. The van der Waals surface area contributed by atoms with Gasteiger partial charge in [-0.05, 0) is 53.6 Å². The molecule has 4 aromatic rings. The van der Waals surface area contributed by atoms with Crippen molar-refractivity contribution in [2.75, 3.05) is 7.11 Å². The van der Waals surface area contributed by atoms with E-state index < -0.39 is 0 Å². The van der Waals surface area contributed by atoms with Crippen LogP contribution in [0.3, 0.4) is 0 Å². The highest BCUT2D eigenvalue weighted by Crippen LogP contribution is 2.24. The summed E-state index contributed by atoms with van der Waals surface area (Å²) in [7, 11) is 1.66. The van der Waals surface area contributed by atoms with Crippen LogP contribution in [0.4, 0.5) is 0 Å². The SMILES string of the molecule is COc1cccc(Cn2cccc2CN(Cc2ccccc2)C(=O)c2ccc(Cl)c(Cl)c2)c1. The van der Waals surface area contributed by atoms with Crippen LogP contribution in [-0.4, -0.2) is 22.5 Å². The molecule has 0 bridgehead atoms. The van der Waals surface area contributed by atoms with Crippen LogP contribution in [-0.2, 0) is 19.6 Å². The van der Waals surface area contributed by atoms with Crippen LogP contribution >= 0.6 is 23.2 Å². The molecule has 6 heteroatoms. The second kappa shape index (κ2) is 10.6. The molecular weight excluding hydrogens is 455 g/mol. The third-order valence-electron chi connectivity index (χ3n) is 5.43. The second-order valence-electron chi connectivity index (χ2n) is 7.75. The Morgan fingerprint density at radius 2 is 1.64 bits per heavy atom. The summed E-state index contributed by atoms with van der Waals surface area (Å²) in [6.45, 7) is 1.61. The Bertz CT molecular complexity index is 1240. The summed E-state index contributed by atoms with van der Waals surface area (Å²) < 4.78 is 7.50. The number of nitrogens with zero attached hydrogens (tertiary/aromatic N) is 2. The molecule has 4 rings (SSSR count). The Kier molecular flexibility index (Phi) is 7.38. The van der Waals surface area contributed by atoms with E-state index in [-0.39, 0.29) is 5.91 Å². The van der Waals surface area contributed by atoms with E-state index in [9.17, 15) is 4.79 Å². The normalized spacial score (nSPS) is 10.8. The number of aromatic nitrogens is 1. The number of benzene rings is 3. The minimum absolute atomic E-state index is 0.105. The molecule has 1 amide bonds. The average Bonchev–Trinajstić information content (AvgIpc) is 3.27. The molecule has 0 saturated heterocycles. The minimum Gasteiger partial charge on any atom is -0.497 e. The van der Waals surface area contributed by atoms with Crippen molar-refractivity contribution in [1.82, 2.24) is 9.47 Å². The van der Waals surface area contributed by atoms with Gasteiger partial charge in [0.1, 0.15) is 5.75 Å². The Hall–Kier alpha value is -3.21. The highest BCUT2D eigenvalue weighted by molar-refractivity contribution is 6.42. The first-order valence-electron chi connectivity index (χ1n) is 10.6. The number of hydrogen-bond acceptors (Lipinski definition) is 2. The zero-order valence-corrected chi connectivity index (χ0v) is 19.8. The van der Waals surface area contributed by atoms with Gasteiger partial charge in [0, 0.05) is 30.5 Å². The third-order valence-corrected chi connectivity index (χ3v) is 6.17. The topological polar surface area (TPSA) is 34.5 Å². The van der Waals surface area contributed by atoms with Gasteiger partial charge in [-0.25, -0.2) is 0 Å². The Balaban J connectivity index is 1.61. The zero-order valence-electron chi connectivity index (χ0n) is 18.2. The molecule has 0 aliphatic rings. The van der Waals surface area contributed by atoms with Gasteiger partial charge in [0.15, 0.2) is 0 Å². The lowest BCUT2D eigenvalue weighted by Gasteiger charge is -2.24. The first kappa shape index (κ1) is 23.0. The lowest BCUT2D eigenvalue weighted by Crippen LogP contribution is -2.31. The molecule has 0 aliphatic carbocycles. The Morgan fingerprint density at radius 1 is 0.848 bits per heavy atom. The van der Waals surface area contributed by atoms with Crippen molar-refractivity contribution < 1.29 is 9.53 Å². The van der Waals surface area contributed by atoms with E-state index in [0.717, 1.165) is 22.6 Å². The van der Waals surface area contributed by atoms with Crippen LogP contribution in [0.5, 0.6) is 5.75 Å². The molecule has 0 radical (unpaired) electrons. The van der Waals surface area contributed by atoms with Gasteiger partial charge in [-0.2, -0.15) is 0 Å². The van der Waals surface area contributed by atoms with Gasteiger partial charge in [-0.15, -0.1) is 0 Å². The summed E-state index contributed by atoms with van der Waals surface area (Å²) in [5.74, 6) is 0.716. The van der Waals surface area contributed by atoms with Crippen molar-refractivity contribution in [3.8, 4) is 5.75 Å². The number of carbonyl (C=O) groups is 1. The quantitative estimate of drug-likeness (QED) is 0.282. The largest absolute Gasteiger partial charge is 0.497 e. The summed E-state index contributed by atoms with van der Waals surface area (Å²) in [5.41, 5.74) is 3.71. The molecule has 33 heavy (non-hydrogen) atoms. The van der Waals surface area contributed by atoms with E-state index in [4.69, 9.17) is 27.9 Å². The first-order chi connectivity index (χ1) is 16.0. The summed E-state index contributed by atoms with van der Waals surface area (Å²) in [5, 5.41) is 0.790. The molecule has 0 N–H and O–H groups in total. The van der Waals surface area contributed by atoms with Gasteiger partial charge < -0.3 is 14.2 Å². The van der Waals surface area contributed by atoms with E-state index in [1.807, 2.05) is 71.8 Å². The maximum absolute atomic E-state index is 13.5. The molecule has 0 saturated carbocycles. The number of rotatable bonds is 8. The molecule has 0 atom stereocenters. The number of amides is 1. The van der Waals surface area contributed by atoms with E-state index in [2.05, 4.69) is 10.6 Å². The summed E-state index contributed by atoms with van der Waals surface area (Å²) in [4.78, 5) is 15.3. The highest BCUT2D eigenvalue weighted by atomic mass is 35.5. The van der Waals surface area contributed by atoms with E-state index in [1.54, 1.807) is 25.3 Å². The van der Waals surface area contributed by atoms with Gasteiger partial charge in [-0.3, -0.25) is 4.79 Å². The maximum atomic E-state index is 13.5. The van der Waals surface area contributed by atoms with Crippen LogP contribution < -0.4 is 4.74 Å². The number of ether oxygens (including phenoxy) is 1. The van der Waals surface area contributed by atoms with Gasteiger partial charge in [-0.1, -0.05) is 65.7 Å². The summed E-state index contributed by atoms with van der Waals surface area (Å²) >= 11 is 12.2. The number of methoxy groups -OCH3 is 1. The van der Waals surface area contributed by atoms with Crippen LogP contribution in [0.15, 0.2) is 91.1 Å². The molecule has 4 nitrogen and oxygen atoms in total. The predicted octanol–water partition coefficient (Wildman–Crippen LogP) is 6.69. The average molecular weight is 479 g/mol. The third kappa shape index (κ3) is 5.78. The smallest absolute Gasteiger partial charge is 0.254 e. The van der Waals surface area contributed by atoms with Crippen molar-refractivity contribution in [2.45, 2.75) is 19.6 Å². The molecule has 1 heterocycles. The zero-order chi connectivity index (χ0) is 23.2. The monoisotopic (exact) mass is 478 g/mol. The Labute approximate surface area is 203 Å². The van der Waals surface area contributed by atoms with Crippen LogP contribution in [0.25, 0.3) is 0 Å². The lowest BCUT2D eigenvalue weighted by molar-refractivity contribution is 0.0726. The molecule has 3 aromatic carbocycles. The minimum atomic E-state index is -0.105. The molecule has 0 aliphatic heterocycles. The summed E-state index contributed by atoms with van der Waals surface area (Å²) in [6, 6.07) is 27.0. The van der Waals surface area contributed by atoms with Crippen molar-refractivity contribution in [3.05, 3.63) is 124 Å². The number of carbonyl (C=O) groups excluding carboxylic acids is 1. The van der Waals surface area contributed by atoms with E-state index in [0.29, 0.717) is 35.2 Å². The van der Waals surface area contributed by atoms with E-state index >= 15 is 0 Å². The standard InChI is InChI=1S/C27H24Cl2N2O2/c1-33-24-11-5-9-21(15-24)18-30-14-6-10-23(30)19-31(17-20-7-3-2-4-8-20)27(32)22-12-13-25(28)26(29)16-22/h2-16H,17-19H2,1H3. The van der Waals surface area contributed by atoms with Crippen LogP contribution in [0, 0.1) is 0 Å². The van der Waals surface area contributed by atoms with Crippen molar-refractivity contribution in [1.29, 1.82) is 0 Å². The van der Waals surface area contributed by atoms with Crippen molar-refractivity contribution in [3.63, 3.8) is 0 Å². The maximum Gasteiger partial charge on any atom is 0.254 e. The fraction of sp³-hybridized carbons (Fsp3) is 0.148. The fourth-order valence-corrected chi connectivity index (χ4v) is 4.02. The molecule has 0 spiro atoms. The van der Waals surface area contributed by atoms with Gasteiger partial charge in [0.25, 0.3) is 5.91 Å². The van der Waals surface area contributed by atoms with Gasteiger partial charge in [0.05, 0.1) is 23.7 Å². The molecule has 0 unspecified atom stereocenters. The second-order valence-corrected chi connectivity index (χ2v) is 8.57. The molecule has 0 fully saturated rings. The predicted molar refractivity (Wildman–Crippen MR) is 133 cm³/mol.